The van der Waals surface area contributed by atoms with Gasteiger partial charge < -0.3 is 19.9 Å². The van der Waals surface area contributed by atoms with Crippen molar-refractivity contribution >= 4 is 35.6 Å². The average molecular weight is 484 g/mol. The molecule has 3 rings (SSSR count). The number of nitrogens with zero attached hydrogens (tertiary/aromatic N) is 3. The summed E-state index contributed by atoms with van der Waals surface area (Å²) in [6, 6.07) is 14.9. The number of aliphatic imine (C=N–C) groups is 1. The second-order valence-electron chi connectivity index (χ2n) is 6.16. The van der Waals surface area contributed by atoms with Crippen molar-refractivity contribution < 1.29 is 9.13 Å². The number of hydrogen-bond donors (Lipinski definition) is 1. The molecule has 0 radical (unpaired) electrons. The van der Waals surface area contributed by atoms with E-state index in [0.29, 0.717) is 12.1 Å². The van der Waals surface area contributed by atoms with Crippen LogP contribution in [0.4, 0.5) is 10.1 Å². The van der Waals surface area contributed by atoms with Gasteiger partial charge in [-0.05, 0) is 30.3 Å². The van der Waals surface area contributed by atoms with Crippen molar-refractivity contribution in [3.63, 3.8) is 0 Å². The van der Waals surface area contributed by atoms with Gasteiger partial charge in [-0.2, -0.15) is 0 Å². The molecule has 1 fully saturated rings. The fraction of sp³-hybridized carbons (Fsp3) is 0.350. The molecule has 5 nitrogen and oxygen atoms in total. The molecule has 7 heteroatoms. The highest BCUT2D eigenvalue weighted by Gasteiger charge is 2.20. The molecule has 1 heterocycles. The van der Waals surface area contributed by atoms with Gasteiger partial charge in [0, 0.05) is 51.0 Å². The van der Waals surface area contributed by atoms with Crippen LogP contribution >= 0.6 is 24.0 Å². The molecule has 146 valence electrons. The number of rotatable bonds is 4. The van der Waals surface area contributed by atoms with Crippen LogP contribution in [0.3, 0.4) is 0 Å². The van der Waals surface area contributed by atoms with Crippen LogP contribution in [0.25, 0.3) is 0 Å². The Hall–Kier alpha value is -2.03. The molecule has 0 amide bonds. The fourth-order valence-corrected chi connectivity index (χ4v) is 3.12. The minimum Gasteiger partial charge on any atom is -0.497 e. The van der Waals surface area contributed by atoms with E-state index in [4.69, 9.17) is 4.74 Å². The van der Waals surface area contributed by atoms with Crippen molar-refractivity contribution in [3.05, 3.63) is 59.9 Å². The van der Waals surface area contributed by atoms with Crippen LogP contribution in [0.2, 0.25) is 0 Å². The molecule has 2 aromatic carbocycles. The molecule has 0 aliphatic carbocycles. The molecular formula is C20H26FIN4O. The first-order chi connectivity index (χ1) is 12.7. The molecule has 1 saturated heterocycles. The van der Waals surface area contributed by atoms with Gasteiger partial charge in [0.1, 0.15) is 11.6 Å². The quantitative estimate of drug-likeness (QED) is 0.411. The molecule has 27 heavy (non-hydrogen) atoms. The van der Waals surface area contributed by atoms with Gasteiger partial charge in [-0.3, -0.25) is 4.99 Å². The first-order valence-corrected chi connectivity index (χ1v) is 8.79. The van der Waals surface area contributed by atoms with Gasteiger partial charge in [0.05, 0.1) is 7.11 Å². The second-order valence-corrected chi connectivity index (χ2v) is 6.16. The zero-order chi connectivity index (χ0) is 18.4. The number of benzene rings is 2. The van der Waals surface area contributed by atoms with Gasteiger partial charge in [-0.25, -0.2) is 4.39 Å². The van der Waals surface area contributed by atoms with E-state index in [0.717, 1.165) is 37.9 Å². The number of methoxy groups -OCH3 is 1. The van der Waals surface area contributed by atoms with Crippen molar-refractivity contribution in [2.45, 2.75) is 6.54 Å². The third-order valence-electron chi connectivity index (χ3n) is 4.62. The highest BCUT2D eigenvalue weighted by atomic mass is 127. The molecule has 1 aliphatic heterocycles. The molecule has 0 unspecified atom stereocenters. The summed E-state index contributed by atoms with van der Waals surface area (Å²) >= 11 is 0. The largest absolute Gasteiger partial charge is 0.497 e. The van der Waals surface area contributed by atoms with E-state index in [9.17, 15) is 4.39 Å². The van der Waals surface area contributed by atoms with Crippen LogP contribution in [-0.2, 0) is 6.54 Å². The molecule has 0 saturated carbocycles. The summed E-state index contributed by atoms with van der Waals surface area (Å²) in [6.07, 6.45) is 0. The zero-order valence-electron chi connectivity index (χ0n) is 15.7. The molecule has 1 aliphatic rings. The number of nitrogens with one attached hydrogen (secondary N) is 1. The maximum atomic E-state index is 13.8. The third kappa shape index (κ3) is 5.47. The summed E-state index contributed by atoms with van der Waals surface area (Å²) in [5.74, 6) is 1.48. The normalized spacial score (nSPS) is 14.6. The number of ether oxygens (including phenoxy) is 1. The monoisotopic (exact) mass is 484 g/mol. The molecule has 0 atom stereocenters. The van der Waals surface area contributed by atoms with E-state index < -0.39 is 0 Å². The van der Waals surface area contributed by atoms with E-state index in [1.54, 1.807) is 26.3 Å². The summed E-state index contributed by atoms with van der Waals surface area (Å²) < 4.78 is 19.0. The van der Waals surface area contributed by atoms with E-state index in [1.165, 1.54) is 11.8 Å². The third-order valence-corrected chi connectivity index (χ3v) is 4.62. The predicted octanol–water partition coefficient (Wildman–Crippen LogP) is 3.35. The summed E-state index contributed by atoms with van der Waals surface area (Å²) in [7, 11) is 3.44. The minimum atomic E-state index is -0.195. The summed E-state index contributed by atoms with van der Waals surface area (Å²) in [5, 5.41) is 3.27. The van der Waals surface area contributed by atoms with Crippen molar-refractivity contribution in [3.8, 4) is 5.75 Å². The van der Waals surface area contributed by atoms with E-state index >= 15 is 0 Å². The van der Waals surface area contributed by atoms with Crippen LogP contribution in [0.5, 0.6) is 5.75 Å². The molecule has 1 N–H and O–H groups in total. The Labute approximate surface area is 177 Å². The maximum Gasteiger partial charge on any atom is 0.194 e. The maximum absolute atomic E-state index is 13.8. The molecular weight excluding hydrogens is 458 g/mol. The van der Waals surface area contributed by atoms with Gasteiger partial charge in [0.25, 0.3) is 0 Å². The van der Waals surface area contributed by atoms with E-state index in [-0.39, 0.29) is 29.8 Å². The van der Waals surface area contributed by atoms with Crippen LogP contribution in [-0.4, -0.2) is 51.2 Å². The Bertz CT molecular complexity index is 746. The van der Waals surface area contributed by atoms with E-state index in [1.807, 2.05) is 18.2 Å². The van der Waals surface area contributed by atoms with Crippen LogP contribution in [0.1, 0.15) is 5.56 Å². The first-order valence-electron chi connectivity index (χ1n) is 8.79. The van der Waals surface area contributed by atoms with Crippen LogP contribution in [0, 0.1) is 5.82 Å². The Morgan fingerprint density at radius 2 is 1.74 bits per heavy atom. The van der Waals surface area contributed by atoms with Crippen LogP contribution < -0.4 is 15.0 Å². The Balaban J connectivity index is 0.00000261. The minimum absolute atomic E-state index is 0. The number of guanidine groups is 1. The molecule has 2 aromatic rings. The summed E-state index contributed by atoms with van der Waals surface area (Å²) in [4.78, 5) is 8.91. The van der Waals surface area contributed by atoms with Crippen molar-refractivity contribution in [2.24, 2.45) is 4.99 Å². The lowest BCUT2D eigenvalue weighted by molar-refractivity contribution is 0.372. The van der Waals surface area contributed by atoms with Gasteiger partial charge in [0.15, 0.2) is 5.96 Å². The average Bonchev–Trinajstić information content (AvgIpc) is 2.70. The molecule has 0 spiro atoms. The highest BCUT2D eigenvalue weighted by molar-refractivity contribution is 14.0. The smallest absolute Gasteiger partial charge is 0.194 e. The Morgan fingerprint density at radius 1 is 1.07 bits per heavy atom. The lowest BCUT2D eigenvalue weighted by Crippen LogP contribution is -2.52. The topological polar surface area (TPSA) is 40.1 Å². The molecule has 0 aromatic heterocycles. The van der Waals surface area contributed by atoms with Crippen molar-refractivity contribution in [1.82, 2.24) is 10.2 Å². The SMILES string of the molecule is CN=C(NCc1ccccc1F)N1CCN(c2ccc(OC)cc2)CC1.I. The number of halogens is 2. The molecule has 0 bridgehead atoms. The van der Waals surface area contributed by atoms with Crippen LogP contribution in [0.15, 0.2) is 53.5 Å². The van der Waals surface area contributed by atoms with E-state index in [2.05, 4.69) is 32.2 Å². The fourth-order valence-electron chi connectivity index (χ4n) is 3.12. The Morgan fingerprint density at radius 3 is 2.33 bits per heavy atom. The zero-order valence-corrected chi connectivity index (χ0v) is 18.0. The predicted molar refractivity (Wildman–Crippen MR) is 119 cm³/mol. The van der Waals surface area contributed by atoms with Gasteiger partial charge in [-0.15, -0.1) is 24.0 Å². The summed E-state index contributed by atoms with van der Waals surface area (Å²) in [5.41, 5.74) is 1.84. The van der Waals surface area contributed by atoms with Crippen molar-refractivity contribution in [1.29, 1.82) is 0 Å². The number of hydrogen-bond acceptors (Lipinski definition) is 3. The van der Waals surface area contributed by atoms with Gasteiger partial charge >= 0.3 is 0 Å². The lowest BCUT2D eigenvalue weighted by atomic mass is 10.2. The highest BCUT2D eigenvalue weighted by Crippen LogP contribution is 2.20. The standard InChI is InChI=1S/C20H25FN4O.HI/c1-22-20(23-15-16-5-3-4-6-19(16)21)25-13-11-24(12-14-25)17-7-9-18(26-2)10-8-17;/h3-10H,11-15H2,1-2H3,(H,22,23);1H. The van der Waals surface area contributed by atoms with Crippen molar-refractivity contribution in [2.75, 3.05) is 45.2 Å². The lowest BCUT2D eigenvalue weighted by Gasteiger charge is -2.37. The Kier molecular flexibility index (Phi) is 8.15. The summed E-state index contributed by atoms with van der Waals surface area (Å²) in [6.45, 7) is 3.98. The second kappa shape index (κ2) is 10.3. The first kappa shape index (κ1) is 21.3. The number of anilines is 1. The number of piperazine rings is 1. The van der Waals surface area contributed by atoms with Gasteiger partial charge in [0.2, 0.25) is 0 Å². The van der Waals surface area contributed by atoms with Gasteiger partial charge in [-0.1, -0.05) is 18.2 Å².